The van der Waals surface area contributed by atoms with E-state index in [0.29, 0.717) is 5.56 Å². The van der Waals surface area contributed by atoms with Gasteiger partial charge >= 0.3 is 0 Å². The number of hydrogen-bond acceptors (Lipinski definition) is 2. The van der Waals surface area contributed by atoms with Gasteiger partial charge in [-0.3, -0.25) is 4.79 Å². The SMILES string of the molecule is Cc1cc(F)c(NCc2cccc(C(N)=O)c2)cc1F. The van der Waals surface area contributed by atoms with Crippen LogP contribution in [0.3, 0.4) is 0 Å². The molecule has 0 unspecified atom stereocenters. The Balaban J connectivity index is 2.15. The Morgan fingerprint density at radius 2 is 1.95 bits per heavy atom. The van der Waals surface area contributed by atoms with Crippen molar-refractivity contribution in [2.45, 2.75) is 13.5 Å². The van der Waals surface area contributed by atoms with Crippen LogP contribution in [-0.4, -0.2) is 5.91 Å². The van der Waals surface area contributed by atoms with E-state index in [4.69, 9.17) is 5.73 Å². The Hall–Kier alpha value is -2.43. The number of rotatable bonds is 4. The first kappa shape index (κ1) is 14.0. The van der Waals surface area contributed by atoms with Gasteiger partial charge in [-0.1, -0.05) is 12.1 Å². The van der Waals surface area contributed by atoms with Gasteiger partial charge in [0.05, 0.1) is 5.69 Å². The first-order valence-corrected chi connectivity index (χ1v) is 6.05. The van der Waals surface area contributed by atoms with Gasteiger partial charge in [0.2, 0.25) is 5.91 Å². The van der Waals surface area contributed by atoms with Crippen molar-refractivity contribution >= 4 is 11.6 Å². The minimum Gasteiger partial charge on any atom is -0.379 e. The Labute approximate surface area is 115 Å². The van der Waals surface area contributed by atoms with Gasteiger partial charge < -0.3 is 11.1 Å². The van der Waals surface area contributed by atoms with E-state index in [1.165, 1.54) is 6.92 Å². The standard InChI is InChI=1S/C15H14F2N2O/c1-9-5-13(17)14(7-12(9)16)19-8-10-3-2-4-11(6-10)15(18)20/h2-7,19H,8H2,1H3,(H2,18,20). The van der Waals surface area contributed by atoms with Crippen LogP contribution in [0.15, 0.2) is 36.4 Å². The van der Waals surface area contributed by atoms with Gasteiger partial charge in [-0.2, -0.15) is 0 Å². The lowest BCUT2D eigenvalue weighted by molar-refractivity contribution is 0.1000. The molecule has 0 saturated heterocycles. The van der Waals surface area contributed by atoms with Crippen molar-refractivity contribution in [1.29, 1.82) is 0 Å². The molecule has 2 aromatic rings. The zero-order chi connectivity index (χ0) is 14.7. The van der Waals surface area contributed by atoms with E-state index in [1.54, 1.807) is 24.3 Å². The van der Waals surface area contributed by atoms with E-state index in [-0.39, 0.29) is 17.8 Å². The summed E-state index contributed by atoms with van der Waals surface area (Å²) in [6, 6.07) is 8.90. The molecule has 0 aliphatic rings. The highest BCUT2D eigenvalue weighted by atomic mass is 19.1. The number of nitrogens with two attached hydrogens (primary N) is 1. The molecule has 0 aliphatic heterocycles. The second-order valence-corrected chi connectivity index (χ2v) is 4.50. The fraction of sp³-hybridized carbons (Fsp3) is 0.133. The molecule has 2 rings (SSSR count). The molecule has 0 atom stereocenters. The van der Waals surface area contributed by atoms with Crippen molar-refractivity contribution in [2.24, 2.45) is 5.73 Å². The van der Waals surface area contributed by atoms with E-state index in [9.17, 15) is 13.6 Å². The summed E-state index contributed by atoms with van der Waals surface area (Å²) < 4.78 is 27.0. The molecule has 0 heterocycles. The molecular weight excluding hydrogens is 262 g/mol. The summed E-state index contributed by atoms with van der Waals surface area (Å²) in [5.41, 5.74) is 6.64. The monoisotopic (exact) mass is 276 g/mol. The lowest BCUT2D eigenvalue weighted by Crippen LogP contribution is -2.11. The average Bonchev–Trinajstić information content (AvgIpc) is 2.41. The van der Waals surface area contributed by atoms with Gasteiger partial charge in [0, 0.05) is 18.2 Å². The third-order valence-corrected chi connectivity index (χ3v) is 2.94. The van der Waals surface area contributed by atoms with Gasteiger partial charge in [-0.25, -0.2) is 8.78 Å². The van der Waals surface area contributed by atoms with Gasteiger partial charge in [0.1, 0.15) is 11.6 Å². The summed E-state index contributed by atoms with van der Waals surface area (Å²) in [5.74, 6) is -1.52. The summed E-state index contributed by atoms with van der Waals surface area (Å²) in [6.07, 6.45) is 0. The Morgan fingerprint density at radius 1 is 1.20 bits per heavy atom. The van der Waals surface area contributed by atoms with Crippen molar-refractivity contribution in [3.8, 4) is 0 Å². The number of benzene rings is 2. The van der Waals surface area contributed by atoms with Crippen molar-refractivity contribution in [3.05, 3.63) is 64.7 Å². The number of amides is 1. The van der Waals surface area contributed by atoms with Crippen molar-refractivity contribution in [1.82, 2.24) is 0 Å². The number of carbonyl (C=O) groups excluding carboxylic acids is 1. The highest BCUT2D eigenvalue weighted by molar-refractivity contribution is 5.92. The molecule has 0 fully saturated rings. The average molecular weight is 276 g/mol. The number of carbonyl (C=O) groups is 1. The summed E-state index contributed by atoms with van der Waals surface area (Å²) >= 11 is 0. The first-order chi connectivity index (χ1) is 9.47. The predicted molar refractivity (Wildman–Crippen MR) is 73.4 cm³/mol. The molecule has 2 aromatic carbocycles. The van der Waals surface area contributed by atoms with E-state index >= 15 is 0 Å². The normalized spacial score (nSPS) is 10.3. The lowest BCUT2D eigenvalue weighted by Gasteiger charge is -2.09. The Morgan fingerprint density at radius 3 is 2.65 bits per heavy atom. The van der Waals surface area contributed by atoms with Crippen LogP contribution < -0.4 is 11.1 Å². The van der Waals surface area contributed by atoms with Crippen LogP contribution in [0, 0.1) is 18.6 Å². The molecule has 0 aromatic heterocycles. The maximum absolute atomic E-state index is 13.6. The number of aryl methyl sites for hydroxylation is 1. The molecule has 0 spiro atoms. The second-order valence-electron chi connectivity index (χ2n) is 4.50. The summed E-state index contributed by atoms with van der Waals surface area (Å²) in [7, 11) is 0. The second kappa shape index (κ2) is 5.69. The summed E-state index contributed by atoms with van der Waals surface area (Å²) in [4.78, 5) is 11.1. The van der Waals surface area contributed by atoms with E-state index in [2.05, 4.69) is 5.32 Å². The maximum atomic E-state index is 13.6. The molecule has 3 nitrogen and oxygen atoms in total. The predicted octanol–water partition coefficient (Wildman–Crippen LogP) is 2.98. The molecule has 0 saturated carbocycles. The molecule has 3 N–H and O–H groups in total. The third kappa shape index (κ3) is 3.12. The maximum Gasteiger partial charge on any atom is 0.248 e. The minimum absolute atomic E-state index is 0.0811. The number of halogens is 2. The first-order valence-electron chi connectivity index (χ1n) is 6.05. The quantitative estimate of drug-likeness (QED) is 0.902. The number of nitrogens with one attached hydrogen (secondary N) is 1. The van der Waals surface area contributed by atoms with Crippen LogP contribution in [0.4, 0.5) is 14.5 Å². The minimum atomic E-state index is -0.528. The largest absolute Gasteiger partial charge is 0.379 e. The molecule has 1 amide bonds. The number of anilines is 1. The molecular formula is C15H14F2N2O. The van der Waals surface area contributed by atoms with Gasteiger partial charge in [-0.05, 0) is 36.2 Å². The van der Waals surface area contributed by atoms with Crippen LogP contribution in [0.2, 0.25) is 0 Å². The Kier molecular flexibility index (Phi) is 3.98. The molecule has 0 bridgehead atoms. The third-order valence-electron chi connectivity index (χ3n) is 2.94. The topological polar surface area (TPSA) is 55.1 Å². The molecule has 0 radical (unpaired) electrons. The highest BCUT2D eigenvalue weighted by Crippen LogP contribution is 2.19. The summed E-state index contributed by atoms with van der Waals surface area (Å²) in [5, 5.41) is 2.80. The fourth-order valence-electron chi connectivity index (χ4n) is 1.81. The van der Waals surface area contributed by atoms with Gasteiger partial charge in [0.15, 0.2) is 0 Å². The summed E-state index contributed by atoms with van der Waals surface area (Å²) in [6.45, 7) is 1.76. The van der Waals surface area contributed by atoms with Crippen molar-refractivity contribution in [3.63, 3.8) is 0 Å². The number of primary amides is 1. The van der Waals surface area contributed by atoms with Crippen molar-refractivity contribution < 1.29 is 13.6 Å². The van der Waals surface area contributed by atoms with Crippen LogP contribution in [0.1, 0.15) is 21.5 Å². The fourth-order valence-corrected chi connectivity index (χ4v) is 1.81. The van der Waals surface area contributed by atoms with Gasteiger partial charge in [-0.15, -0.1) is 0 Å². The Bertz CT molecular complexity index is 656. The van der Waals surface area contributed by atoms with Crippen LogP contribution in [0.5, 0.6) is 0 Å². The lowest BCUT2D eigenvalue weighted by atomic mass is 10.1. The zero-order valence-electron chi connectivity index (χ0n) is 10.9. The molecule has 20 heavy (non-hydrogen) atoms. The van der Waals surface area contributed by atoms with Crippen LogP contribution in [0.25, 0.3) is 0 Å². The van der Waals surface area contributed by atoms with Gasteiger partial charge in [0.25, 0.3) is 0 Å². The molecule has 104 valence electrons. The van der Waals surface area contributed by atoms with Crippen LogP contribution in [-0.2, 0) is 6.54 Å². The van der Waals surface area contributed by atoms with Crippen molar-refractivity contribution in [2.75, 3.05) is 5.32 Å². The smallest absolute Gasteiger partial charge is 0.248 e. The van der Waals surface area contributed by atoms with E-state index in [0.717, 1.165) is 17.7 Å². The van der Waals surface area contributed by atoms with E-state index in [1.807, 2.05) is 0 Å². The highest BCUT2D eigenvalue weighted by Gasteiger charge is 2.07. The van der Waals surface area contributed by atoms with Crippen LogP contribution >= 0.6 is 0 Å². The molecule has 5 heteroatoms. The zero-order valence-corrected chi connectivity index (χ0v) is 10.9. The number of hydrogen-bond donors (Lipinski definition) is 2. The van der Waals surface area contributed by atoms with E-state index < -0.39 is 17.5 Å². The molecule has 0 aliphatic carbocycles.